The summed E-state index contributed by atoms with van der Waals surface area (Å²) in [5, 5.41) is 4.78. The number of unbranched alkanes of at least 4 members (excludes halogenated alkanes) is 1. The number of hydrogen-bond acceptors (Lipinski definition) is 5. The standard InChI is InChI=1S/C16H20N2OS3/c19-15(8-4-1-5-12-9-10-20-22-12)17-11-16-18-13-6-2-3-7-14(13)21-16/h2-3,6-7,12H,1,4-5,8-11H2,(H,17,19). The average Bonchev–Trinajstić information content (AvgIpc) is 3.18. The molecule has 1 fully saturated rings. The number of rotatable bonds is 7. The van der Waals surface area contributed by atoms with E-state index in [1.54, 1.807) is 11.3 Å². The minimum atomic E-state index is 0.146. The van der Waals surface area contributed by atoms with Crippen LogP contribution < -0.4 is 5.32 Å². The highest BCUT2D eigenvalue weighted by molar-refractivity contribution is 8.77. The zero-order chi connectivity index (χ0) is 15.2. The first-order valence-corrected chi connectivity index (χ1v) is 10.9. The number of amides is 1. The number of carbonyl (C=O) groups excluding carboxylic acids is 1. The number of hydrogen-bond donors (Lipinski definition) is 1. The molecule has 2 aromatic rings. The second kappa shape index (κ2) is 8.22. The number of fused-ring (bicyclic) bond motifs is 1. The molecule has 22 heavy (non-hydrogen) atoms. The van der Waals surface area contributed by atoms with Crippen LogP contribution in [0, 0.1) is 0 Å². The molecule has 0 spiro atoms. The monoisotopic (exact) mass is 352 g/mol. The van der Waals surface area contributed by atoms with Gasteiger partial charge in [0, 0.05) is 17.4 Å². The van der Waals surface area contributed by atoms with Crippen LogP contribution in [0.5, 0.6) is 0 Å². The van der Waals surface area contributed by atoms with E-state index in [1.165, 1.54) is 23.3 Å². The highest BCUT2D eigenvalue weighted by Gasteiger charge is 2.15. The molecule has 1 saturated heterocycles. The van der Waals surface area contributed by atoms with Crippen molar-refractivity contribution in [3.63, 3.8) is 0 Å². The van der Waals surface area contributed by atoms with Gasteiger partial charge in [-0.15, -0.1) is 11.3 Å². The third-order valence-corrected chi connectivity index (χ3v) is 7.73. The van der Waals surface area contributed by atoms with Crippen molar-refractivity contribution in [1.82, 2.24) is 10.3 Å². The molecular formula is C16H20N2OS3. The normalized spacial score (nSPS) is 17.9. The second-order valence-electron chi connectivity index (χ2n) is 5.43. The topological polar surface area (TPSA) is 42.0 Å². The first-order chi connectivity index (χ1) is 10.8. The van der Waals surface area contributed by atoms with Crippen LogP contribution in [-0.2, 0) is 11.3 Å². The Morgan fingerprint density at radius 1 is 1.32 bits per heavy atom. The van der Waals surface area contributed by atoms with Crippen LogP contribution in [0.2, 0.25) is 0 Å². The molecule has 1 aliphatic heterocycles. The predicted octanol–water partition coefficient (Wildman–Crippen LogP) is 4.63. The van der Waals surface area contributed by atoms with E-state index < -0.39 is 0 Å². The molecular weight excluding hydrogens is 332 g/mol. The Kier molecular flexibility index (Phi) is 6.04. The van der Waals surface area contributed by atoms with Gasteiger partial charge in [0.2, 0.25) is 5.91 Å². The summed E-state index contributed by atoms with van der Waals surface area (Å²) in [5.74, 6) is 1.44. The van der Waals surface area contributed by atoms with Gasteiger partial charge in [0.15, 0.2) is 0 Å². The number of thiazole rings is 1. The van der Waals surface area contributed by atoms with Crippen molar-refractivity contribution in [2.45, 2.75) is 43.9 Å². The van der Waals surface area contributed by atoms with E-state index in [4.69, 9.17) is 0 Å². The number of aromatic nitrogens is 1. The fourth-order valence-corrected chi connectivity index (χ4v) is 6.41. The summed E-state index contributed by atoms with van der Waals surface area (Å²) in [4.78, 5) is 16.4. The Balaban J connectivity index is 1.35. The van der Waals surface area contributed by atoms with Crippen molar-refractivity contribution in [2.75, 3.05) is 5.75 Å². The smallest absolute Gasteiger partial charge is 0.220 e. The number of carbonyl (C=O) groups is 1. The van der Waals surface area contributed by atoms with E-state index in [1.807, 2.05) is 39.8 Å². The van der Waals surface area contributed by atoms with Gasteiger partial charge in [-0.1, -0.05) is 40.1 Å². The summed E-state index contributed by atoms with van der Waals surface area (Å²) in [5.41, 5.74) is 1.02. The molecule has 1 amide bonds. The predicted molar refractivity (Wildman–Crippen MR) is 98.4 cm³/mol. The zero-order valence-corrected chi connectivity index (χ0v) is 14.9. The highest BCUT2D eigenvalue weighted by atomic mass is 33.1. The quantitative estimate of drug-likeness (QED) is 0.583. The molecule has 3 nitrogen and oxygen atoms in total. The lowest BCUT2D eigenvalue weighted by Crippen LogP contribution is -2.22. The van der Waals surface area contributed by atoms with E-state index in [9.17, 15) is 4.79 Å². The molecule has 0 saturated carbocycles. The maximum Gasteiger partial charge on any atom is 0.220 e. The Hall–Kier alpha value is -0.720. The fourth-order valence-electron chi connectivity index (χ4n) is 2.48. The Labute approximate surface area is 143 Å². The summed E-state index contributed by atoms with van der Waals surface area (Å²) < 4.78 is 1.18. The van der Waals surface area contributed by atoms with E-state index in [0.29, 0.717) is 13.0 Å². The molecule has 1 aromatic heterocycles. The van der Waals surface area contributed by atoms with Gasteiger partial charge in [-0.3, -0.25) is 4.79 Å². The number of benzene rings is 1. The van der Waals surface area contributed by atoms with Crippen molar-refractivity contribution >= 4 is 49.0 Å². The lowest BCUT2D eigenvalue weighted by Gasteiger charge is -2.06. The molecule has 1 aliphatic rings. The van der Waals surface area contributed by atoms with Crippen molar-refractivity contribution in [3.8, 4) is 0 Å². The van der Waals surface area contributed by atoms with Crippen LogP contribution in [0.3, 0.4) is 0 Å². The molecule has 0 bridgehead atoms. The van der Waals surface area contributed by atoms with Crippen LogP contribution in [0.25, 0.3) is 10.2 Å². The molecule has 0 aliphatic carbocycles. The van der Waals surface area contributed by atoms with Gasteiger partial charge in [-0.25, -0.2) is 4.98 Å². The zero-order valence-electron chi connectivity index (χ0n) is 12.4. The SMILES string of the molecule is O=C(CCCCC1CCSS1)NCc1nc2ccccc2s1. The number of nitrogens with one attached hydrogen (secondary N) is 1. The number of nitrogens with zero attached hydrogens (tertiary/aromatic N) is 1. The summed E-state index contributed by atoms with van der Waals surface area (Å²) >= 11 is 1.65. The van der Waals surface area contributed by atoms with Gasteiger partial charge in [0.25, 0.3) is 0 Å². The molecule has 0 radical (unpaired) electrons. The lowest BCUT2D eigenvalue weighted by molar-refractivity contribution is -0.121. The third-order valence-electron chi connectivity index (χ3n) is 3.68. The van der Waals surface area contributed by atoms with Crippen LogP contribution >= 0.6 is 32.9 Å². The fraction of sp³-hybridized carbons (Fsp3) is 0.500. The van der Waals surface area contributed by atoms with Gasteiger partial charge in [-0.2, -0.15) is 0 Å². The Morgan fingerprint density at radius 3 is 3.05 bits per heavy atom. The first kappa shape index (κ1) is 16.1. The van der Waals surface area contributed by atoms with Crippen molar-refractivity contribution in [1.29, 1.82) is 0 Å². The van der Waals surface area contributed by atoms with Crippen LogP contribution in [-0.4, -0.2) is 21.9 Å². The molecule has 3 rings (SSSR count). The summed E-state index contributed by atoms with van der Waals surface area (Å²) in [6.45, 7) is 0.549. The number of para-hydroxylation sites is 1. The molecule has 118 valence electrons. The molecule has 6 heteroatoms. The Bertz CT molecular complexity index is 590. The van der Waals surface area contributed by atoms with E-state index in [2.05, 4.69) is 16.4 Å². The molecule has 1 unspecified atom stereocenters. The van der Waals surface area contributed by atoms with Crippen molar-refractivity contribution in [3.05, 3.63) is 29.3 Å². The molecule has 1 atom stereocenters. The van der Waals surface area contributed by atoms with E-state index in [-0.39, 0.29) is 5.91 Å². The van der Waals surface area contributed by atoms with Gasteiger partial charge in [0.1, 0.15) is 5.01 Å². The van der Waals surface area contributed by atoms with Gasteiger partial charge in [-0.05, 0) is 31.4 Å². The molecule has 2 heterocycles. The maximum absolute atomic E-state index is 11.9. The summed E-state index contributed by atoms with van der Waals surface area (Å²) in [6, 6.07) is 8.09. The van der Waals surface area contributed by atoms with Gasteiger partial charge in [0.05, 0.1) is 16.8 Å². The van der Waals surface area contributed by atoms with Gasteiger partial charge < -0.3 is 5.32 Å². The van der Waals surface area contributed by atoms with Crippen LogP contribution in [0.15, 0.2) is 24.3 Å². The third kappa shape index (κ3) is 4.64. The van der Waals surface area contributed by atoms with Gasteiger partial charge >= 0.3 is 0 Å². The summed E-state index contributed by atoms with van der Waals surface area (Å²) in [7, 11) is 4.01. The van der Waals surface area contributed by atoms with E-state index >= 15 is 0 Å². The maximum atomic E-state index is 11.9. The lowest BCUT2D eigenvalue weighted by atomic mass is 10.1. The largest absolute Gasteiger partial charge is 0.350 e. The molecule has 1 aromatic carbocycles. The van der Waals surface area contributed by atoms with Crippen molar-refractivity contribution < 1.29 is 4.79 Å². The molecule has 1 N–H and O–H groups in total. The summed E-state index contributed by atoms with van der Waals surface area (Å²) in [6.07, 6.45) is 5.37. The average molecular weight is 353 g/mol. The minimum Gasteiger partial charge on any atom is -0.350 e. The van der Waals surface area contributed by atoms with Crippen molar-refractivity contribution in [2.24, 2.45) is 0 Å². The highest BCUT2D eigenvalue weighted by Crippen LogP contribution is 2.39. The first-order valence-electron chi connectivity index (χ1n) is 7.71. The van der Waals surface area contributed by atoms with Crippen LogP contribution in [0.4, 0.5) is 0 Å². The van der Waals surface area contributed by atoms with E-state index in [0.717, 1.165) is 28.6 Å². The second-order valence-corrected chi connectivity index (χ2v) is 9.33. The Morgan fingerprint density at radius 2 is 2.23 bits per heavy atom. The van der Waals surface area contributed by atoms with Crippen LogP contribution in [0.1, 0.15) is 37.1 Å². The minimum absolute atomic E-state index is 0.146.